The van der Waals surface area contributed by atoms with Crippen LogP contribution in [0.4, 0.5) is 35.5 Å². The smallest absolute Gasteiger partial charge is 0.428 e. The molecular weight excluding hydrogens is 555 g/mol. The molecule has 5 nitrogen and oxygen atoms in total. The van der Waals surface area contributed by atoms with Crippen LogP contribution in [0, 0.1) is 5.82 Å². The zero-order chi connectivity index (χ0) is 28.4. The summed E-state index contributed by atoms with van der Waals surface area (Å²) in [5, 5.41) is 5.26. The summed E-state index contributed by atoms with van der Waals surface area (Å²) in [6.45, 7) is 0. The lowest BCUT2D eigenvalue weighted by atomic mass is 9.80. The lowest BCUT2D eigenvalue weighted by molar-refractivity contribution is -0.253. The second kappa shape index (κ2) is 10.9. The molecule has 4 rings (SSSR count). The van der Waals surface area contributed by atoms with E-state index in [4.69, 9.17) is 11.6 Å². The van der Waals surface area contributed by atoms with E-state index in [1.54, 1.807) is 30.3 Å². The quantitative estimate of drug-likeness (QED) is 0.279. The van der Waals surface area contributed by atoms with E-state index in [1.165, 1.54) is 18.3 Å². The van der Waals surface area contributed by atoms with E-state index in [9.17, 15) is 35.5 Å². The highest BCUT2D eigenvalue weighted by Crippen LogP contribution is 2.39. The fourth-order valence-electron chi connectivity index (χ4n) is 4.30. The van der Waals surface area contributed by atoms with Gasteiger partial charge in [0.25, 0.3) is 5.92 Å². The van der Waals surface area contributed by atoms with Crippen LogP contribution in [0.25, 0.3) is 0 Å². The Balaban J connectivity index is 1.83. The highest BCUT2D eigenvalue weighted by Gasteiger charge is 2.47. The number of aromatic nitrogens is 1. The van der Waals surface area contributed by atoms with Crippen LogP contribution in [0.1, 0.15) is 29.7 Å². The van der Waals surface area contributed by atoms with Crippen molar-refractivity contribution in [2.24, 2.45) is 0 Å². The Labute approximate surface area is 223 Å². The molecule has 2 N–H and O–H groups in total. The third-order valence-corrected chi connectivity index (χ3v) is 6.32. The van der Waals surface area contributed by atoms with E-state index in [0.717, 1.165) is 12.1 Å². The Morgan fingerprint density at radius 1 is 1.10 bits per heavy atom. The molecule has 1 unspecified atom stereocenters. The van der Waals surface area contributed by atoms with Gasteiger partial charge in [-0.25, -0.2) is 18.0 Å². The van der Waals surface area contributed by atoms with Gasteiger partial charge in [0.15, 0.2) is 0 Å². The van der Waals surface area contributed by atoms with Crippen molar-refractivity contribution >= 4 is 17.6 Å². The number of nitrogens with zero attached hydrogens (tertiary/aromatic N) is 1. The van der Waals surface area contributed by atoms with Crippen LogP contribution in [0.3, 0.4) is 0 Å². The number of hydrogen-bond acceptors (Lipinski definition) is 3. The topological polar surface area (TPSA) is 63.2 Å². The second-order valence-corrected chi connectivity index (χ2v) is 9.57. The van der Waals surface area contributed by atoms with Crippen LogP contribution in [-0.4, -0.2) is 35.5 Å². The number of rotatable bonds is 9. The van der Waals surface area contributed by atoms with Crippen LogP contribution < -0.4 is 15.4 Å². The van der Waals surface area contributed by atoms with Gasteiger partial charge in [0.05, 0.1) is 10.7 Å². The van der Waals surface area contributed by atoms with E-state index in [2.05, 4.69) is 20.4 Å². The molecule has 2 aromatic carbocycles. The molecule has 1 fully saturated rings. The zero-order valence-corrected chi connectivity index (χ0v) is 20.7. The van der Waals surface area contributed by atoms with Gasteiger partial charge in [0, 0.05) is 37.6 Å². The summed E-state index contributed by atoms with van der Waals surface area (Å²) in [4.78, 5) is 17.3. The van der Waals surface area contributed by atoms with Crippen molar-refractivity contribution in [1.82, 2.24) is 15.6 Å². The maximum atomic E-state index is 14.8. The highest BCUT2D eigenvalue weighted by molar-refractivity contribution is 6.30. The van der Waals surface area contributed by atoms with Crippen LogP contribution in [-0.2, 0) is 12.0 Å². The summed E-state index contributed by atoms with van der Waals surface area (Å²) in [7, 11) is 0. The van der Waals surface area contributed by atoms with E-state index in [1.807, 2.05) is 0 Å². The van der Waals surface area contributed by atoms with Gasteiger partial charge in [-0.3, -0.25) is 4.98 Å². The average molecular weight is 576 g/mol. The predicted octanol–water partition coefficient (Wildman–Crippen LogP) is 6.69. The minimum Gasteiger partial charge on any atom is -0.428 e. The number of halogens is 8. The number of alkyl halides is 6. The van der Waals surface area contributed by atoms with Crippen molar-refractivity contribution in [1.29, 1.82) is 0 Å². The Morgan fingerprint density at radius 3 is 2.38 bits per heavy atom. The first-order chi connectivity index (χ1) is 18.3. The lowest BCUT2D eigenvalue weighted by Gasteiger charge is -2.39. The van der Waals surface area contributed by atoms with Gasteiger partial charge < -0.3 is 15.4 Å². The van der Waals surface area contributed by atoms with Crippen LogP contribution in [0.2, 0.25) is 5.02 Å². The van der Waals surface area contributed by atoms with Gasteiger partial charge in [0.2, 0.25) is 0 Å². The van der Waals surface area contributed by atoms with E-state index in [-0.39, 0.29) is 22.7 Å². The molecule has 1 aliphatic carbocycles. The van der Waals surface area contributed by atoms with Gasteiger partial charge in [0.1, 0.15) is 17.1 Å². The molecule has 2 amide bonds. The minimum absolute atomic E-state index is 0.0574. The molecule has 1 saturated carbocycles. The third kappa shape index (κ3) is 6.73. The monoisotopic (exact) mass is 575 g/mol. The van der Waals surface area contributed by atoms with Crippen LogP contribution >= 0.6 is 11.6 Å². The summed E-state index contributed by atoms with van der Waals surface area (Å²) in [6, 6.07) is 11.7. The highest BCUT2D eigenvalue weighted by atomic mass is 35.5. The molecule has 13 heteroatoms. The number of carbonyl (C=O) groups excluding carboxylic acids is 1. The molecule has 3 aromatic rings. The number of urea groups is 1. The summed E-state index contributed by atoms with van der Waals surface area (Å²) < 4.78 is 98.6. The zero-order valence-electron chi connectivity index (χ0n) is 19.9. The Kier molecular flexibility index (Phi) is 7.97. The van der Waals surface area contributed by atoms with Crippen LogP contribution in [0.15, 0.2) is 66.9 Å². The van der Waals surface area contributed by atoms with Gasteiger partial charge in [-0.1, -0.05) is 41.9 Å². The van der Waals surface area contributed by atoms with Gasteiger partial charge >= 0.3 is 18.6 Å². The molecule has 208 valence electrons. The van der Waals surface area contributed by atoms with Crippen molar-refractivity contribution in [2.45, 2.75) is 49.3 Å². The number of amides is 2. The van der Waals surface area contributed by atoms with Crippen molar-refractivity contribution in [3.63, 3.8) is 0 Å². The van der Waals surface area contributed by atoms with Crippen LogP contribution in [0.5, 0.6) is 5.75 Å². The first-order valence-electron chi connectivity index (χ1n) is 11.6. The normalized spacial score (nSPS) is 16.7. The lowest BCUT2D eigenvalue weighted by Crippen LogP contribution is -2.58. The predicted molar refractivity (Wildman–Crippen MR) is 128 cm³/mol. The number of benzene rings is 2. The number of hydrogen-bond donors (Lipinski definition) is 2. The molecular formula is C26H21ClF7N3O2. The number of pyridine rings is 1. The standard InChI is InChI=1S/C26H21ClF7N3O2/c27-17-6-7-21(35-14-17)25(11-15-4-2-1-3-5-15,37-23(38)36-19-12-24(31,32)13-19)16-8-18(28)10-20(9-16)39-26(33,34)22(29)30/h1-10,14,19,22H,11-13H2,(H2,36,37,38). The molecule has 1 heterocycles. The molecule has 0 aliphatic heterocycles. The molecule has 1 aliphatic rings. The maximum Gasteiger partial charge on any atom is 0.461 e. The molecule has 0 bridgehead atoms. The molecule has 1 atom stereocenters. The Hall–Kier alpha value is -3.54. The SMILES string of the molecule is O=C(NC1CC(F)(F)C1)NC(Cc1ccccc1)(c1cc(F)cc(OC(F)(F)C(F)F)c1)c1ccc(Cl)cn1. The Bertz CT molecular complexity index is 1300. The first kappa shape index (κ1) is 28.5. The van der Waals surface area contributed by atoms with Gasteiger partial charge in [-0.05, 0) is 35.4 Å². The molecule has 39 heavy (non-hydrogen) atoms. The second-order valence-electron chi connectivity index (χ2n) is 9.13. The summed E-state index contributed by atoms with van der Waals surface area (Å²) in [5.74, 6) is -5.01. The number of nitrogens with one attached hydrogen (secondary N) is 2. The minimum atomic E-state index is -4.94. The van der Waals surface area contributed by atoms with Crippen molar-refractivity contribution < 1.29 is 40.3 Å². The van der Waals surface area contributed by atoms with E-state index >= 15 is 0 Å². The van der Waals surface area contributed by atoms with Gasteiger partial charge in [-0.15, -0.1) is 0 Å². The Morgan fingerprint density at radius 2 is 1.79 bits per heavy atom. The van der Waals surface area contributed by atoms with E-state index < -0.39 is 60.5 Å². The first-order valence-corrected chi connectivity index (χ1v) is 11.9. The largest absolute Gasteiger partial charge is 0.461 e. The van der Waals surface area contributed by atoms with E-state index in [0.29, 0.717) is 11.6 Å². The fourth-order valence-corrected chi connectivity index (χ4v) is 4.41. The summed E-state index contributed by atoms with van der Waals surface area (Å²) in [6.07, 6.45) is -9.25. The fraction of sp³-hybridized carbons (Fsp3) is 0.308. The molecule has 0 spiro atoms. The third-order valence-electron chi connectivity index (χ3n) is 6.10. The van der Waals surface area contributed by atoms with Crippen molar-refractivity contribution in [3.05, 3.63) is 94.5 Å². The molecule has 0 saturated heterocycles. The summed E-state index contributed by atoms with van der Waals surface area (Å²) >= 11 is 5.98. The molecule has 0 radical (unpaired) electrons. The molecule has 1 aromatic heterocycles. The summed E-state index contributed by atoms with van der Waals surface area (Å²) in [5.41, 5.74) is -1.41. The van der Waals surface area contributed by atoms with Crippen molar-refractivity contribution in [2.75, 3.05) is 0 Å². The number of carbonyl (C=O) groups is 1. The number of ether oxygens (including phenoxy) is 1. The van der Waals surface area contributed by atoms with Crippen molar-refractivity contribution in [3.8, 4) is 5.75 Å². The van der Waals surface area contributed by atoms with Gasteiger partial charge in [-0.2, -0.15) is 17.6 Å². The maximum absolute atomic E-state index is 14.8. The average Bonchev–Trinajstić information content (AvgIpc) is 2.82.